The maximum Gasteiger partial charge on any atom is 0.0373 e. The van der Waals surface area contributed by atoms with Gasteiger partial charge < -0.3 is 10.2 Å². The first kappa shape index (κ1) is 13.2. The highest BCUT2D eigenvalue weighted by Crippen LogP contribution is 2.17. The van der Waals surface area contributed by atoms with Gasteiger partial charge in [-0.3, -0.25) is 0 Å². The van der Waals surface area contributed by atoms with Crippen molar-refractivity contribution in [1.82, 2.24) is 4.90 Å². The molecule has 0 spiro atoms. The van der Waals surface area contributed by atoms with Gasteiger partial charge in [0.25, 0.3) is 0 Å². The highest BCUT2D eigenvalue weighted by Gasteiger charge is 2.11. The second kappa shape index (κ2) is 6.58. The van der Waals surface area contributed by atoms with E-state index in [-0.39, 0.29) is 0 Å². The summed E-state index contributed by atoms with van der Waals surface area (Å²) in [5.74, 6) is 0. The highest BCUT2D eigenvalue weighted by atomic mass is 15.1. The average molecular weight is 266 g/mol. The van der Waals surface area contributed by atoms with Gasteiger partial charge in [0.15, 0.2) is 0 Å². The third-order valence-electron chi connectivity index (χ3n) is 4.02. The zero-order valence-corrected chi connectivity index (χ0v) is 11.9. The number of anilines is 1. The second-order valence-electron chi connectivity index (χ2n) is 5.41. The molecule has 1 aliphatic rings. The first-order valence-corrected chi connectivity index (χ1v) is 7.50. The van der Waals surface area contributed by atoms with Crippen LogP contribution in [0.4, 0.5) is 5.69 Å². The first-order valence-electron chi connectivity index (χ1n) is 7.50. The summed E-state index contributed by atoms with van der Waals surface area (Å²) in [7, 11) is 0. The fourth-order valence-electron chi connectivity index (χ4n) is 2.81. The summed E-state index contributed by atoms with van der Waals surface area (Å²) in [5.41, 5.74) is 4.19. The van der Waals surface area contributed by atoms with E-state index in [1.807, 2.05) is 0 Å². The van der Waals surface area contributed by atoms with E-state index in [4.69, 9.17) is 0 Å². The summed E-state index contributed by atoms with van der Waals surface area (Å²) in [6, 6.07) is 19.5. The van der Waals surface area contributed by atoms with E-state index in [9.17, 15) is 0 Å². The summed E-state index contributed by atoms with van der Waals surface area (Å²) in [6.07, 6.45) is 2.28. The Labute approximate surface area is 121 Å². The van der Waals surface area contributed by atoms with Crippen molar-refractivity contribution in [2.45, 2.75) is 12.8 Å². The van der Waals surface area contributed by atoms with Crippen molar-refractivity contribution >= 4 is 5.69 Å². The minimum Gasteiger partial charge on any atom is -0.384 e. The Morgan fingerprint density at radius 1 is 0.900 bits per heavy atom. The standard InChI is InChI=1S/C18H22N2/c1-2-6-16(7-3-1)10-13-20-14-11-17-8-4-5-9-18(17)19-12-15-20/h1-9,19H,10-15H2. The van der Waals surface area contributed by atoms with Gasteiger partial charge in [-0.15, -0.1) is 0 Å². The van der Waals surface area contributed by atoms with Gasteiger partial charge >= 0.3 is 0 Å². The lowest BCUT2D eigenvalue weighted by molar-refractivity contribution is 0.289. The Morgan fingerprint density at radius 3 is 2.60 bits per heavy atom. The van der Waals surface area contributed by atoms with Crippen molar-refractivity contribution in [3.05, 3.63) is 65.7 Å². The normalized spacial score (nSPS) is 15.8. The largest absolute Gasteiger partial charge is 0.384 e. The molecule has 2 nitrogen and oxygen atoms in total. The zero-order chi connectivity index (χ0) is 13.6. The summed E-state index contributed by atoms with van der Waals surface area (Å²) >= 11 is 0. The molecule has 0 unspecified atom stereocenters. The minimum atomic E-state index is 1.03. The molecule has 1 aliphatic heterocycles. The highest BCUT2D eigenvalue weighted by molar-refractivity contribution is 5.51. The lowest BCUT2D eigenvalue weighted by Crippen LogP contribution is -2.34. The van der Waals surface area contributed by atoms with Crippen molar-refractivity contribution in [3.63, 3.8) is 0 Å². The van der Waals surface area contributed by atoms with Crippen LogP contribution in [0.3, 0.4) is 0 Å². The van der Waals surface area contributed by atoms with Gasteiger partial charge in [0.05, 0.1) is 0 Å². The van der Waals surface area contributed by atoms with E-state index in [1.54, 1.807) is 0 Å². The molecule has 2 aromatic carbocycles. The fraction of sp³-hybridized carbons (Fsp3) is 0.333. The first-order chi connectivity index (χ1) is 9.92. The molecule has 104 valence electrons. The Balaban J connectivity index is 1.57. The van der Waals surface area contributed by atoms with Gasteiger partial charge in [-0.25, -0.2) is 0 Å². The van der Waals surface area contributed by atoms with Crippen molar-refractivity contribution < 1.29 is 0 Å². The molecule has 0 saturated carbocycles. The van der Waals surface area contributed by atoms with Crippen molar-refractivity contribution in [3.8, 4) is 0 Å². The maximum atomic E-state index is 3.55. The van der Waals surface area contributed by atoms with Gasteiger partial charge in [-0.2, -0.15) is 0 Å². The van der Waals surface area contributed by atoms with Gasteiger partial charge in [0.1, 0.15) is 0 Å². The van der Waals surface area contributed by atoms with Gasteiger partial charge in [-0.05, 0) is 30.0 Å². The molecule has 0 aromatic heterocycles. The van der Waals surface area contributed by atoms with Crippen molar-refractivity contribution in [2.75, 3.05) is 31.5 Å². The number of benzene rings is 2. The molecule has 2 heteroatoms. The van der Waals surface area contributed by atoms with E-state index < -0.39 is 0 Å². The molecule has 20 heavy (non-hydrogen) atoms. The monoisotopic (exact) mass is 266 g/mol. The average Bonchev–Trinajstić information content (AvgIpc) is 2.48. The van der Waals surface area contributed by atoms with E-state index in [0.29, 0.717) is 0 Å². The van der Waals surface area contributed by atoms with Gasteiger partial charge in [0.2, 0.25) is 0 Å². The van der Waals surface area contributed by atoms with Crippen LogP contribution in [0.1, 0.15) is 11.1 Å². The number of nitrogens with zero attached hydrogens (tertiary/aromatic N) is 1. The number of hydrogen-bond donors (Lipinski definition) is 1. The molecule has 2 aromatic rings. The van der Waals surface area contributed by atoms with Crippen LogP contribution in [0, 0.1) is 0 Å². The molecule has 0 fully saturated rings. The third kappa shape index (κ3) is 3.40. The SMILES string of the molecule is c1ccc(CCN2CCNc3ccccc3CC2)cc1. The quantitative estimate of drug-likeness (QED) is 0.918. The van der Waals surface area contributed by atoms with Crippen LogP contribution in [0.25, 0.3) is 0 Å². The molecule has 0 radical (unpaired) electrons. The lowest BCUT2D eigenvalue weighted by atomic mass is 10.1. The predicted molar refractivity (Wildman–Crippen MR) is 85.2 cm³/mol. The molecular weight excluding hydrogens is 244 g/mol. The predicted octanol–water partition coefficient (Wildman–Crippen LogP) is 3.20. The van der Waals surface area contributed by atoms with Crippen LogP contribution in [0.2, 0.25) is 0 Å². The van der Waals surface area contributed by atoms with Crippen molar-refractivity contribution in [1.29, 1.82) is 0 Å². The van der Waals surface area contributed by atoms with E-state index in [2.05, 4.69) is 64.8 Å². The Morgan fingerprint density at radius 2 is 1.70 bits per heavy atom. The number of fused-ring (bicyclic) bond motifs is 1. The Kier molecular flexibility index (Phi) is 4.34. The van der Waals surface area contributed by atoms with Crippen LogP contribution in [0.5, 0.6) is 0 Å². The van der Waals surface area contributed by atoms with Crippen LogP contribution >= 0.6 is 0 Å². The maximum absolute atomic E-state index is 3.55. The molecule has 1 N–H and O–H groups in total. The smallest absolute Gasteiger partial charge is 0.0373 e. The number of nitrogens with one attached hydrogen (secondary N) is 1. The molecule has 1 heterocycles. The van der Waals surface area contributed by atoms with Crippen LogP contribution in [0.15, 0.2) is 54.6 Å². The number of rotatable bonds is 3. The fourth-order valence-corrected chi connectivity index (χ4v) is 2.81. The number of para-hydroxylation sites is 1. The van der Waals surface area contributed by atoms with Crippen LogP contribution in [-0.2, 0) is 12.8 Å². The molecule has 0 aliphatic carbocycles. The molecular formula is C18H22N2. The molecule has 3 rings (SSSR count). The summed E-state index contributed by atoms with van der Waals surface area (Å²) in [6.45, 7) is 4.46. The molecule has 0 amide bonds. The molecule has 0 bridgehead atoms. The lowest BCUT2D eigenvalue weighted by Gasteiger charge is -2.26. The summed E-state index contributed by atoms with van der Waals surface area (Å²) in [5, 5.41) is 3.55. The van der Waals surface area contributed by atoms with E-state index in [1.165, 1.54) is 16.8 Å². The van der Waals surface area contributed by atoms with E-state index in [0.717, 1.165) is 39.0 Å². The Bertz CT molecular complexity index is 536. The minimum absolute atomic E-state index is 1.03. The van der Waals surface area contributed by atoms with Gasteiger partial charge in [0, 0.05) is 31.9 Å². The summed E-state index contributed by atoms with van der Waals surface area (Å²) < 4.78 is 0. The number of hydrogen-bond acceptors (Lipinski definition) is 2. The zero-order valence-electron chi connectivity index (χ0n) is 11.9. The van der Waals surface area contributed by atoms with E-state index >= 15 is 0 Å². The molecule has 0 atom stereocenters. The van der Waals surface area contributed by atoms with Crippen molar-refractivity contribution in [2.24, 2.45) is 0 Å². The van der Waals surface area contributed by atoms with Crippen LogP contribution in [-0.4, -0.2) is 31.1 Å². The molecule has 0 saturated heterocycles. The van der Waals surface area contributed by atoms with Crippen LogP contribution < -0.4 is 5.32 Å². The summed E-state index contributed by atoms with van der Waals surface area (Å²) in [4.78, 5) is 2.57. The third-order valence-corrected chi connectivity index (χ3v) is 4.02. The Hall–Kier alpha value is -1.80. The second-order valence-corrected chi connectivity index (χ2v) is 5.41. The van der Waals surface area contributed by atoms with Gasteiger partial charge in [-0.1, -0.05) is 48.5 Å². The topological polar surface area (TPSA) is 15.3 Å².